The third kappa shape index (κ3) is 2.68. The lowest BCUT2D eigenvalue weighted by atomic mass is 10.2. The van der Waals surface area contributed by atoms with Gasteiger partial charge in [-0.25, -0.2) is 12.8 Å². The van der Waals surface area contributed by atoms with Crippen molar-refractivity contribution in [3.05, 3.63) is 0 Å². The molecular weight excluding hydrogens is 368 g/mol. The highest BCUT2D eigenvalue weighted by molar-refractivity contribution is 8.15. The van der Waals surface area contributed by atoms with Gasteiger partial charge in [0.2, 0.25) is 0 Å². The summed E-state index contributed by atoms with van der Waals surface area (Å²) in [4.78, 5) is 0. The van der Waals surface area contributed by atoms with E-state index in [2.05, 4.69) is 45.5 Å². The SMILES string of the molecule is O=S(=O)(Cl)C(F)(Cl)C(F)(F)C(F)(Cl)C(F)(F)Cl. The Bertz CT molecular complexity index is 401. The van der Waals surface area contributed by atoms with Gasteiger partial charge in [0.25, 0.3) is 9.05 Å². The average Bonchev–Trinajstić information content (AvgIpc) is 1.98. The first kappa shape index (κ1) is 17.7. The molecule has 0 spiro atoms. The zero-order valence-corrected chi connectivity index (χ0v) is 10.8. The molecule has 104 valence electrons. The highest BCUT2D eigenvalue weighted by atomic mass is 35.7. The van der Waals surface area contributed by atoms with Gasteiger partial charge in [-0.1, -0.05) is 23.2 Å². The van der Waals surface area contributed by atoms with Crippen molar-refractivity contribution in [1.29, 1.82) is 0 Å². The van der Waals surface area contributed by atoms with E-state index >= 15 is 0 Å². The Morgan fingerprint density at radius 2 is 1.12 bits per heavy atom. The summed E-state index contributed by atoms with van der Waals surface area (Å²) in [7, 11) is -1.86. The fraction of sp³-hybridized carbons (Fsp3) is 1.00. The van der Waals surface area contributed by atoms with E-state index in [1.165, 1.54) is 0 Å². The van der Waals surface area contributed by atoms with Crippen LogP contribution in [0.2, 0.25) is 0 Å². The summed E-state index contributed by atoms with van der Waals surface area (Å²) in [5, 5.41) is -11.1. The molecule has 2 nitrogen and oxygen atoms in total. The van der Waals surface area contributed by atoms with E-state index in [-0.39, 0.29) is 0 Å². The first-order chi connectivity index (χ1) is 7.00. The first-order valence-electron chi connectivity index (χ1n) is 3.14. The summed E-state index contributed by atoms with van der Waals surface area (Å²) in [6.45, 7) is 0. The zero-order chi connectivity index (χ0) is 14.5. The summed E-state index contributed by atoms with van der Waals surface area (Å²) in [6, 6.07) is 0. The number of hydrogen-bond donors (Lipinski definition) is 0. The molecular formula is C4Cl4F6O2S. The van der Waals surface area contributed by atoms with Crippen molar-refractivity contribution in [3.8, 4) is 0 Å². The van der Waals surface area contributed by atoms with Gasteiger partial charge in [0.1, 0.15) is 0 Å². The van der Waals surface area contributed by atoms with E-state index in [1.54, 1.807) is 0 Å². The summed E-state index contributed by atoms with van der Waals surface area (Å²) in [6.07, 6.45) is 0. The molecule has 0 radical (unpaired) electrons. The van der Waals surface area contributed by atoms with E-state index in [9.17, 15) is 34.8 Å². The van der Waals surface area contributed by atoms with Crippen LogP contribution < -0.4 is 0 Å². The molecule has 0 aliphatic heterocycles. The quantitative estimate of drug-likeness (QED) is 0.430. The number of halogens is 10. The fourth-order valence-electron chi connectivity index (χ4n) is 0.514. The summed E-state index contributed by atoms with van der Waals surface area (Å²) >= 11 is 12.1. The van der Waals surface area contributed by atoms with E-state index in [0.717, 1.165) is 0 Å². The van der Waals surface area contributed by atoms with Crippen molar-refractivity contribution >= 4 is 54.5 Å². The van der Waals surface area contributed by atoms with Gasteiger partial charge in [-0.3, -0.25) is 0 Å². The second-order valence-electron chi connectivity index (χ2n) is 2.60. The van der Waals surface area contributed by atoms with Crippen molar-refractivity contribution in [1.82, 2.24) is 0 Å². The lowest BCUT2D eigenvalue weighted by Gasteiger charge is -2.34. The predicted octanol–water partition coefficient (Wildman–Crippen LogP) is 3.79. The number of hydrogen-bond acceptors (Lipinski definition) is 2. The van der Waals surface area contributed by atoms with E-state index in [4.69, 9.17) is 0 Å². The summed E-state index contributed by atoms with van der Waals surface area (Å²) in [5.74, 6) is -6.14. The molecule has 2 atom stereocenters. The minimum Gasteiger partial charge on any atom is -0.211 e. The van der Waals surface area contributed by atoms with Crippen LogP contribution in [-0.4, -0.2) is 29.3 Å². The van der Waals surface area contributed by atoms with Crippen LogP contribution in [0.15, 0.2) is 0 Å². The standard InChI is InChI=1S/C4Cl4F6O2S/c5-1(9,3(6,12)13)2(10,11)4(7,14)17(8,15)16. The topological polar surface area (TPSA) is 34.1 Å². The van der Waals surface area contributed by atoms with Crippen LogP contribution in [0.3, 0.4) is 0 Å². The lowest BCUT2D eigenvalue weighted by Crippen LogP contribution is -2.61. The van der Waals surface area contributed by atoms with Crippen molar-refractivity contribution in [2.75, 3.05) is 0 Å². The Balaban J connectivity index is 5.91. The van der Waals surface area contributed by atoms with Crippen LogP contribution in [0.1, 0.15) is 0 Å². The van der Waals surface area contributed by atoms with Gasteiger partial charge in [-0.2, -0.15) is 22.0 Å². The third-order valence-corrected chi connectivity index (χ3v) is 4.84. The molecule has 0 heterocycles. The van der Waals surface area contributed by atoms with E-state index < -0.39 is 29.9 Å². The lowest BCUT2D eigenvalue weighted by molar-refractivity contribution is -0.194. The Morgan fingerprint density at radius 3 is 1.29 bits per heavy atom. The van der Waals surface area contributed by atoms with Gasteiger partial charge in [-0.15, -0.1) is 0 Å². The van der Waals surface area contributed by atoms with Crippen LogP contribution in [0.5, 0.6) is 0 Å². The van der Waals surface area contributed by atoms with E-state index in [1.807, 2.05) is 0 Å². The van der Waals surface area contributed by atoms with Crippen molar-refractivity contribution in [3.63, 3.8) is 0 Å². The van der Waals surface area contributed by atoms with Crippen LogP contribution in [-0.2, 0) is 9.05 Å². The Hall–Kier alpha value is 0.690. The van der Waals surface area contributed by atoms with Crippen LogP contribution in [0.25, 0.3) is 0 Å². The van der Waals surface area contributed by atoms with Gasteiger partial charge in [-0.05, 0) is 11.6 Å². The molecule has 0 rings (SSSR count). The molecule has 0 aromatic rings. The highest BCUT2D eigenvalue weighted by Gasteiger charge is 2.81. The maximum absolute atomic E-state index is 13.0. The molecule has 0 aliphatic rings. The highest BCUT2D eigenvalue weighted by Crippen LogP contribution is 2.58. The smallest absolute Gasteiger partial charge is 0.211 e. The Labute approximate surface area is 110 Å². The molecule has 0 saturated heterocycles. The van der Waals surface area contributed by atoms with Gasteiger partial charge in [0.05, 0.1) is 0 Å². The summed E-state index contributed by atoms with van der Waals surface area (Å²) in [5.41, 5.74) is 0. The summed E-state index contributed by atoms with van der Waals surface area (Å²) < 4.78 is 91.4. The number of rotatable bonds is 4. The van der Waals surface area contributed by atoms with Crippen LogP contribution in [0, 0.1) is 0 Å². The molecule has 17 heavy (non-hydrogen) atoms. The second kappa shape index (κ2) is 4.36. The molecule has 0 aromatic heterocycles. The van der Waals surface area contributed by atoms with Crippen molar-refractivity contribution in [2.45, 2.75) is 20.9 Å². The van der Waals surface area contributed by atoms with Crippen molar-refractivity contribution < 1.29 is 34.8 Å². The van der Waals surface area contributed by atoms with Crippen LogP contribution in [0.4, 0.5) is 26.3 Å². The molecule has 0 aromatic carbocycles. The third-order valence-electron chi connectivity index (χ3n) is 1.42. The van der Waals surface area contributed by atoms with Gasteiger partial charge >= 0.3 is 20.9 Å². The molecule has 13 heteroatoms. The molecule has 0 N–H and O–H groups in total. The van der Waals surface area contributed by atoms with Gasteiger partial charge < -0.3 is 0 Å². The normalized spacial score (nSPS) is 21.8. The maximum Gasteiger partial charge on any atom is 0.375 e. The van der Waals surface area contributed by atoms with Crippen molar-refractivity contribution in [2.24, 2.45) is 0 Å². The zero-order valence-electron chi connectivity index (χ0n) is 7.00. The fourth-order valence-corrected chi connectivity index (χ4v) is 1.73. The molecule has 0 fully saturated rings. The largest absolute Gasteiger partial charge is 0.375 e. The monoisotopic (exact) mass is 366 g/mol. The Kier molecular flexibility index (Phi) is 4.54. The average molecular weight is 368 g/mol. The second-order valence-corrected chi connectivity index (χ2v) is 7.00. The molecule has 0 bridgehead atoms. The Morgan fingerprint density at radius 1 is 0.824 bits per heavy atom. The molecule has 0 aliphatic carbocycles. The molecule has 2 unspecified atom stereocenters. The van der Waals surface area contributed by atoms with Crippen LogP contribution >= 0.6 is 45.5 Å². The molecule has 0 amide bonds. The van der Waals surface area contributed by atoms with Gasteiger partial charge in [0, 0.05) is 10.7 Å². The molecule has 0 saturated carbocycles. The maximum atomic E-state index is 13.0. The van der Waals surface area contributed by atoms with Gasteiger partial charge in [0.15, 0.2) is 0 Å². The minimum atomic E-state index is -6.14. The predicted molar refractivity (Wildman–Crippen MR) is 49.9 cm³/mol. The first-order valence-corrected chi connectivity index (χ1v) is 6.59. The number of alkyl halides is 9. The van der Waals surface area contributed by atoms with E-state index in [0.29, 0.717) is 0 Å². The minimum absolute atomic E-state index is 3.88.